The third-order valence-electron chi connectivity index (χ3n) is 6.87. The van der Waals surface area contributed by atoms with Crippen molar-refractivity contribution < 1.29 is 18.0 Å². The molecular weight excluding hydrogens is 593 g/mol. The van der Waals surface area contributed by atoms with Crippen LogP contribution < -0.4 is 9.62 Å². The fraction of sp³-hybridized carbons (Fsp3) is 0.375. The van der Waals surface area contributed by atoms with Gasteiger partial charge in [0, 0.05) is 37.5 Å². The second-order valence-electron chi connectivity index (χ2n) is 10.4. The van der Waals surface area contributed by atoms with Crippen LogP contribution in [0.5, 0.6) is 0 Å². The average molecular weight is 633 g/mol. The number of unbranched alkanes of at least 4 members (excludes halogenated alkanes) is 1. The zero-order valence-electron chi connectivity index (χ0n) is 24.4. The fourth-order valence-electron chi connectivity index (χ4n) is 4.73. The Hall–Kier alpha value is -3.07. The summed E-state index contributed by atoms with van der Waals surface area (Å²) in [5.74, 6) is -0.453. The lowest BCUT2D eigenvalue weighted by molar-refractivity contribution is -0.141. The number of rotatable bonds is 15. The van der Waals surface area contributed by atoms with E-state index >= 15 is 0 Å². The van der Waals surface area contributed by atoms with Crippen LogP contribution in [0.25, 0.3) is 0 Å². The van der Waals surface area contributed by atoms with E-state index in [-0.39, 0.29) is 48.5 Å². The number of sulfonamides is 1. The summed E-state index contributed by atoms with van der Waals surface area (Å²) in [5, 5.41) is 3.60. The Kier molecular flexibility index (Phi) is 12.7. The molecule has 10 heteroatoms. The number of nitrogens with zero attached hydrogens (tertiary/aromatic N) is 2. The Morgan fingerprint density at radius 3 is 2.31 bits per heavy atom. The van der Waals surface area contributed by atoms with Gasteiger partial charge in [0.15, 0.2) is 0 Å². The van der Waals surface area contributed by atoms with Gasteiger partial charge in [0.05, 0.1) is 17.0 Å². The quantitative estimate of drug-likeness (QED) is 0.197. The van der Waals surface area contributed by atoms with Gasteiger partial charge < -0.3 is 10.2 Å². The molecule has 0 aromatic heterocycles. The van der Waals surface area contributed by atoms with Crippen LogP contribution in [0.4, 0.5) is 5.69 Å². The molecule has 0 saturated carbocycles. The number of hydrogen-bond acceptors (Lipinski definition) is 4. The van der Waals surface area contributed by atoms with Crippen molar-refractivity contribution in [2.45, 2.75) is 58.5 Å². The molecule has 0 aliphatic rings. The van der Waals surface area contributed by atoms with Gasteiger partial charge in [0.25, 0.3) is 0 Å². The molecule has 0 saturated heterocycles. The molecule has 1 N–H and O–H groups in total. The van der Waals surface area contributed by atoms with Crippen LogP contribution in [0.1, 0.15) is 49.3 Å². The summed E-state index contributed by atoms with van der Waals surface area (Å²) in [5.41, 5.74) is 3.15. The van der Waals surface area contributed by atoms with E-state index in [1.807, 2.05) is 61.5 Å². The minimum atomic E-state index is -3.71. The number of amides is 2. The van der Waals surface area contributed by atoms with Crippen LogP contribution in [0, 0.1) is 6.92 Å². The third-order valence-corrected chi connectivity index (χ3v) is 8.60. The van der Waals surface area contributed by atoms with Gasteiger partial charge >= 0.3 is 0 Å². The first-order valence-corrected chi connectivity index (χ1v) is 16.7. The SMILES string of the molecule is CCCCNC(=O)[C@H](Cc1ccccc1)N(Cc1cccc(C)c1)C(=O)CCCN(c1cc(Cl)ccc1Cl)S(C)(=O)=O. The van der Waals surface area contributed by atoms with E-state index in [4.69, 9.17) is 23.2 Å². The highest BCUT2D eigenvalue weighted by Crippen LogP contribution is 2.31. The van der Waals surface area contributed by atoms with E-state index in [1.165, 1.54) is 12.1 Å². The highest BCUT2D eigenvalue weighted by molar-refractivity contribution is 7.92. The van der Waals surface area contributed by atoms with E-state index in [0.717, 1.165) is 40.1 Å². The first kappa shape index (κ1) is 33.4. The molecule has 3 aromatic carbocycles. The molecule has 3 rings (SSSR count). The maximum atomic E-state index is 13.9. The molecule has 226 valence electrons. The van der Waals surface area contributed by atoms with Crippen molar-refractivity contribution in [1.82, 2.24) is 10.2 Å². The van der Waals surface area contributed by atoms with Crippen LogP contribution in [-0.4, -0.2) is 50.5 Å². The number of carbonyl (C=O) groups is 2. The van der Waals surface area contributed by atoms with Crippen LogP contribution in [0.2, 0.25) is 10.0 Å². The van der Waals surface area contributed by atoms with Gasteiger partial charge in [-0.1, -0.05) is 96.7 Å². The first-order valence-electron chi connectivity index (χ1n) is 14.1. The van der Waals surface area contributed by atoms with Gasteiger partial charge in [-0.25, -0.2) is 8.42 Å². The summed E-state index contributed by atoms with van der Waals surface area (Å²) in [6.07, 6.45) is 3.46. The molecule has 0 aliphatic heterocycles. The lowest BCUT2D eigenvalue weighted by Crippen LogP contribution is -2.50. The maximum Gasteiger partial charge on any atom is 0.243 e. The van der Waals surface area contributed by atoms with Crippen LogP contribution in [0.15, 0.2) is 72.8 Å². The van der Waals surface area contributed by atoms with Gasteiger partial charge in [-0.2, -0.15) is 0 Å². The Morgan fingerprint density at radius 2 is 1.64 bits per heavy atom. The molecule has 0 aliphatic carbocycles. The molecule has 0 spiro atoms. The van der Waals surface area contributed by atoms with Crippen LogP contribution >= 0.6 is 23.2 Å². The van der Waals surface area contributed by atoms with E-state index in [2.05, 4.69) is 12.2 Å². The zero-order chi connectivity index (χ0) is 30.7. The Morgan fingerprint density at radius 1 is 0.929 bits per heavy atom. The van der Waals surface area contributed by atoms with E-state index in [9.17, 15) is 18.0 Å². The Balaban J connectivity index is 1.89. The predicted octanol–water partition coefficient (Wildman–Crippen LogP) is 6.40. The smallest absolute Gasteiger partial charge is 0.243 e. The molecule has 42 heavy (non-hydrogen) atoms. The maximum absolute atomic E-state index is 13.9. The normalized spacial score (nSPS) is 12.0. The fourth-order valence-corrected chi connectivity index (χ4v) is 6.13. The predicted molar refractivity (Wildman–Crippen MR) is 171 cm³/mol. The van der Waals surface area contributed by atoms with Gasteiger partial charge in [0.2, 0.25) is 21.8 Å². The number of benzene rings is 3. The van der Waals surface area contributed by atoms with E-state index < -0.39 is 16.1 Å². The van der Waals surface area contributed by atoms with Crippen molar-refractivity contribution in [3.05, 3.63) is 99.5 Å². The zero-order valence-corrected chi connectivity index (χ0v) is 26.7. The van der Waals surface area contributed by atoms with Crippen molar-refractivity contribution in [1.29, 1.82) is 0 Å². The molecule has 0 bridgehead atoms. The van der Waals surface area contributed by atoms with Crippen molar-refractivity contribution >= 4 is 50.7 Å². The number of anilines is 1. The highest BCUT2D eigenvalue weighted by Gasteiger charge is 2.30. The average Bonchev–Trinajstić information content (AvgIpc) is 2.94. The van der Waals surface area contributed by atoms with Crippen molar-refractivity contribution in [2.24, 2.45) is 0 Å². The lowest BCUT2D eigenvalue weighted by Gasteiger charge is -2.32. The molecule has 1 atom stereocenters. The largest absolute Gasteiger partial charge is 0.354 e. The summed E-state index contributed by atoms with van der Waals surface area (Å²) in [7, 11) is -3.71. The minimum absolute atomic E-state index is 0.0228. The Labute approximate surface area is 259 Å². The van der Waals surface area contributed by atoms with Gasteiger partial charge in [-0.3, -0.25) is 13.9 Å². The highest BCUT2D eigenvalue weighted by atomic mass is 35.5. The molecular formula is C32H39Cl2N3O4S. The number of halogens is 2. The van der Waals surface area contributed by atoms with Crippen molar-refractivity contribution in [2.75, 3.05) is 23.7 Å². The molecule has 0 heterocycles. The summed E-state index contributed by atoms with van der Waals surface area (Å²) >= 11 is 12.4. The monoisotopic (exact) mass is 631 g/mol. The topological polar surface area (TPSA) is 86.8 Å². The van der Waals surface area contributed by atoms with E-state index in [1.54, 1.807) is 11.0 Å². The number of carbonyl (C=O) groups excluding carboxylic acids is 2. The molecule has 0 fully saturated rings. The minimum Gasteiger partial charge on any atom is -0.354 e. The second-order valence-corrected chi connectivity index (χ2v) is 13.1. The number of nitrogens with one attached hydrogen (secondary N) is 1. The third kappa shape index (κ3) is 10.0. The molecule has 0 unspecified atom stereocenters. The summed E-state index contributed by atoms with van der Waals surface area (Å²) in [6.45, 7) is 4.83. The molecule has 3 aromatic rings. The van der Waals surface area contributed by atoms with Gasteiger partial charge in [0.1, 0.15) is 6.04 Å². The van der Waals surface area contributed by atoms with Crippen LogP contribution in [0.3, 0.4) is 0 Å². The number of hydrogen-bond donors (Lipinski definition) is 1. The first-order chi connectivity index (χ1) is 20.0. The van der Waals surface area contributed by atoms with E-state index in [0.29, 0.717) is 18.0 Å². The lowest BCUT2D eigenvalue weighted by atomic mass is 10.0. The molecule has 2 amide bonds. The molecule has 7 nitrogen and oxygen atoms in total. The summed E-state index contributed by atoms with van der Waals surface area (Å²) in [4.78, 5) is 29.1. The van der Waals surface area contributed by atoms with Crippen LogP contribution in [-0.2, 0) is 32.6 Å². The summed E-state index contributed by atoms with van der Waals surface area (Å²) < 4.78 is 26.5. The number of aryl methyl sites for hydroxylation is 1. The van der Waals surface area contributed by atoms with Crippen molar-refractivity contribution in [3.63, 3.8) is 0 Å². The Bertz CT molecular complexity index is 1450. The summed E-state index contributed by atoms with van der Waals surface area (Å²) in [6, 6.07) is 21.3. The second kappa shape index (κ2) is 16.0. The van der Waals surface area contributed by atoms with Gasteiger partial charge in [-0.15, -0.1) is 0 Å². The van der Waals surface area contributed by atoms with Gasteiger partial charge in [-0.05, 0) is 49.1 Å². The standard InChI is InChI=1S/C32H39Cl2N3O4S/c1-4-5-18-35-32(39)30(21-25-12-7-6-8-13-25)36(23-26-14-9-11-24(2)20-26)31(38)15-10-19-37(42(3,40)41)29-22-27(33)16-17-28(29)34/h6-9,11-14,16-17,20,22,30H,4-5,10,15,18-19,21,23H2,1-3H3,(H,35,39)/t30-/m0/s1. The molecule has 0 radical (unpaired) electrons. The van der Waals surface area contributed by atoms with Crippen molar-refractivity contribution in [3.8, 4) is 0 Å².